The fourth-order valence-electron chi connectivity index (χ4n) is 2.54. The van der Waals surface area contributed by atoms with Gasteiger partial charge in [0.05, 0.1) is 18.6 Å². The molecule has 0 aliphatic heterocycles. The molecule has 0 saturated carbocycles. The first kappa shape index (κ1) is 13.1. The number of aliphatic hydroxyl groups excluding tert-OH is 1. The van der Waals surface area contributed by atoms with Crippen LogP contribution in [0.5, 0.6) is 0 Å². The Morgan fingerprint density at radius 2 is 2.17 bits per heavy atom. The zero-order valence-electron chi connectivity index (χ0n) is 11.0. The van der Waals surface area contributed by atoms with Crippen molar-refractivity contribution < 1.29 is 9.90 Å². The van der Waals surface area contributed by atoms with Gasteiger partial charge in [0, 0.05) is 0 Å². The van der Waals surface area contributed by atoms with E-state index in [1.807, 2.05) is 18.2 Å². The molecule has 0 aromatic heterocycles. The molecule has 0 fully saturated rings. The van der Waals surface area contributed by atoms with Crippen molar-refractivity contribution in [1.29, 1.82) is 0 Å². The minimum atomic E-state index is -0.120. The molecule has 18 heavy (non-hydrogen) atoms. The van der Waals surface area contributed by atoms with Gasteiger partial charge < -0.3 is 10.4 Å². The number of fused-ring (bicyclic) bond motifs is 1. The summed E-state index contributed by atoms with van der Waals surface area (Å²) < 4.78 is 0. The summed E-state index contributed by atoms with van der Waals surface area (Å²) >= 11 is 0. The van der Waals surface area contributed by atoms with Crippen molar-refractivity contribution in [2.75, 3.05) is 6.61 Å². The van der Waals surface area contributed by atoms with Gasteiger partial charge in [-0.3, -0.25) is 4.79 Å². The molecule has 1 aliphatic carbocycles. The van der Waals surface area contributed by atoms with Crippen LogP contribution in [0, 0.1) is 5.92 Å². The van der Waals surface area contributed by atoms with Gasteiger partial charge in [-0.1, -0.05) is 38.1 Å². The number of amides is 1. The molecule has 0 heterocycles. The van der Waals surface area contributed by atoms with Crippen LogP contribution in [0.4, 0.5) is 0 Å². The number of nitrogens with one attached hydrogen (secondary N) is 1. The molecule has 0 spiro atoms. The highest BCUT2D eigenvalue weighted by Crippen LogP contribution is 2.34. The lowest BCUT2D eigenvalue weighted by molar-refractivity contribution is -0.124. The molecule has 1 aromatic rings. The summed E-state index contributed by atoms with van der Waals surface area (Å²) in [5.41, 5.74) is 2.40. The van der Waals surface area contributed by atoms with Gasteiger partial charge >= 0.3 is 0 Å². The largest absolute Gasteiger partial charge is 0.394 e. The predicted molar refractivity (Wildman–Crippen MR) is 71.4 cm³/mol. The van der Waals surface area contributed by atoms with Crippen molar-refractivity contribution in [3.63, 3.8) is 0 Å². The molecule has 0 bridgehead atoms. The van der Waals surface area contributed by atoms with Crippen molar-refractivity contribution in [2.24, 2.45) is 5.92 Å². The summed E-state index contributed by atoms with van der Waals surface area (Å²) in [4.78, 5) is 12.1. The fraction of sp³-hybridized carbons (Fsp3) is 0.533. The Bertz CT molecular complexity index is 428. The van der Waals surface area contributed by atoms with Gasteiger partial charge in [-0.15, -0.1) is 0 Å². The lowest BCUT2D eigenvalue weighted by Gasteiger charge is -2.30. The maximum atomic E-state index is 12.1. The van der Waals surface area contributed by atoms with Crippen molar-refractivity contribution in [1.82, 2.24) is 5.32 Å². The molecule has 1 aliphatic rings. The van der Waals surface area contributed by atoms with E-state index in [0.29, 0.717) is 5.92 Å². The van der Waals surface area contributed by atoms with Crippen LogP contribution in [0.25, 0.3) is 0 Å². The van der Waals surface area contributed by atoms with Crippen LogP contribution in [0.1, 0.15) is 37.3 Å². The zero-order chi connectivity index (χ0) is 13.1. The molecule has 1 amide bonds. The first-order chi connectivity index (χ1) is 8.61. The van der Waals surface area contributed by atoms with Gasteiger partial charge in [-0.2, -0.15) is 0 Å². The van der Waals surface area contributed by atoms with Gasteiger partial charge in [0.15, 0.2) is 0 Å². The summed E-state index contributed by atoms with van der Waals surface area (Å²) in [6, 6.07) is 7.93. The first-order valence-electron chi connectivity index (χ1n) is 6.60. The molecule has 1 aromatic carbocycles. The molecule has 98 valence electrons. The van der Waals surface area contributed by atoms with Crippen LogP contribution in [0.2, 0.25) is 0 Å². The fourth-order valence-corrected chi connectivity index (χ4v) is 2.54. The second-order valence-corrected chi connectivity index (χ2v) is 5.47. The minimum absolute atomic E-state index is 0.0122. The Hall–Kier alpha value is -1.35. The molecular formula is C15H21NO2. The third kappa shape index (κ3) is 2.72. The van der Waals surface area contributed by atoms with Crippen molar-refractivity contribution in [3.05, 3.63) is 35.4 Å². The minimum Gasteiger partial charge on any atom is -0.394 e. The SMILES string of the molecule is CC(C)CC(CO)NC(=O)C1Cc2ccccc21. The van der Waals surface area contributed by atoms with Crippen LogP contribution < -0.4 is 5.32 Å². The van der Waals surface area contributed by atoms with Gasteiger partial charge in [0.2, 0.25) is 5.91 Å². The van der Waals surface area contributed by atoms with E-state index in [1.54, 1.807) is 0 Å². The van der Waals surface area contributed by atoms with E-state index in [2.05, 4.69) is 25.2 Å². The molecule has 2 rings (SSSR count). The molecule has 3 nitrogen and oxygen atoms in total. The summed E-state index contributed by atoms with van der Waals surface area (Å²) in [6.07, 6.45) is 1.64. The topological polar surface area (TPSA) is 49.3 Å². The van der Waals surface area contributed by atoms with E-state index in [0.717, 1.165) is 18.4 Å². The van der Waals surface area contributed by atoms with Crippen LogP contribution in [-0.4, -0.2) is 23.7 Å². The number of carbonyl (C=O) groups is 1. The van der Waals surface area contributed by atoms with E-state index in [1.165, 1.54) is 5.56 Å². The third-order valence-electron chi connectivity index (χ3n) is 3.49. The van der Waals surface area contributed by atoms with Gasteiger partial charge in [-0.05, 0) is 29.9 Å². The number of rotatable bonds is 5. The zero-order valence-corrected chi connectivity index (χ0v) is 11.0. The average molecular weight is 247 g/mol. The lowest BCUT2D eigenvalue weighted by Crippen LogP contribution is -2.43. The summed E-state index contributed by atoms with van der Waals surface area (Å²) in [6.45, 7) is 4.19. The Balaban J connectivity index is 1.94. The van der Waals surface area contributed by atoms with Crippen LogP contribution in [0.3, 0.4) is 0 Å². The first-order valence-corrected chi connectivity index (χ1v) is 6.60. The molecule has 2 unspecified atom stereocenters. The number of carbonyl (C=O) groups excluding carboxylic acids is 1. The number of aliphatic hydroxyl groups is 1. The van der Waals surface area contributed by atoms with E-state index in [9.17, 15) is 9.90 Å². The van der Waals surface area contributed by atoms with Gasteiger partial charge in [0.25, 0.3) is 0 Å². The molecule has 0 radical (unpaired) electrons. The molecule has 3 heteroatoms. The van der Waals surface area contributed by atoms with E-state index in [4.69, 9.17) is 0 Å². The van der Waals surface area contributed by atoms with Gasteiger partial charge in [-0.25, -0.2) is 0 Å². The maximum absolute atomic E-state index is 12.1. The molecule has 2 N–H and O–H groups in total. The highest BCUT2D eigenvalue weighted by molar-refractivity contribution is 5.87. The third-order valence-corrected chi connectivity index (χ3v) is 3.49. The van der Waals surface area contributed by atoms with Crippen molar-refractivity contribution >= 4 is 5.91 Å². The van der Waals surface area contributed by atoms with Crippen LogP contribution in [0.15, 0.2) is 24.3 Å². The Kier molecular flexibility index (Phi) is 4.02. The number of benzene rings is 1. The quantitative estimate of drug-likeness (QED) is 0.834. The van der Waals surface area contributed by atoms with E-state index >= 15 is 0 Å². The van der Waals surface area contributed by atoms with Crippen molar-refractivity contribution in [3.8, 4) is 0 Å². The second-order valence-electron chi connectivity index (χ2n) is 5.47. The highest BCUT2D eigenvalue weighted by Gasteiger charge is 2.32. The Morgan fingerprint density at radius 3 is 2.78 bits per heavy atom. The van der Waals surface area contributed by atoms with Crippen LogP contribution in [-0.2, 0) is 11.2 Å². The standard InChI is InChI=1S/C15H21NO2/c1-10(2)7-12(9-17)16-15(18)14-8-11-5-3-4-6-13(11)14/h3-6,10,12,14,17H,7-9H2,1-2H3,(H,16,18). The Morgan fingerprint density at radius 1 is 1.44 bits per heavy atom. The van der Waals surface area contributed by atoms with Crippen molar-refractivity contribution in [2.45, 2.75) is 38.6 Å². The number of hydrogen-bond acceptors (Lipinski definition) is 2. The normalized spacial score (nSPS) is 19.0. The molecular weight excluding hydrogens is 226 g/mol. The monoisotopic (exact) mass is 247 g/mol. The predicted octanol–water partition coefficient (Wildman–Crippen LogP) is 1.85. The second kappa shape index (κ2) is 5.53. The van der Waals surface area contributed by atoms with Crippen LogP contribution >= 0.6 is 0 Å². The van der Waals surface area contributed by atoms with E-state index < -0.39 is 0 Å². The highest BCUT2D eigenvalue weighted by atomic mass is 16.3. The van der Waals surface area contributed by atoms with E-state index in [-0.39, 0.29) is 24.5 Å². The number of hydrogen-bond donors (Lipinski definition) is 2. The lowest BCUT2D eigenvalue weighted by atomic mass is 9.77. The maximum Gasteiger partial charge on any atom is 0.228 e. The molecule has 0 saturated heterocycles. The summed E-state index contributed by atoms with van der Waals surface area (Å²) in [5, 5.41) is 12.2. The smallest absolute Gasteiger partial charge is 0.228 e. The average Bonchev–Trinajstić information content (AvgIpc) is 2.29. The summed E-state index contributed by atoms with van der Waals surface area (Å²) in [7, 11) is 0. The Labute approximate surface area is 108 Å². The van der Waals surface area contributed by atoms with Gasteiger partial charge in [0.1, 0.15) is 0 Å². The molecule has 2 atom stereocenters. The summed E-state index contributed by atoms with van der Waals surface area (Å²) in [5.74, 6) is 0.493.